The van der Waals surface area contributed by atoms with Crippen molar-refractivity contribution in [2.45, 2.75) is 73.3 Å². The summed E-state index contributed by atoms with van der Waals surface area (Å²) in [7, 11) is 0. The van der Waals surface area contributed by atoms with Gasteiger partial charge in [0.05, 0.1) is 0 Å². The van der Waals surface area contributed by atoms with Crippen molar-refractivity contribution >= 4 is 5.91 Å². The zero-order chi connectivity index (χ0) is 17.8. The lowest BCUT2D eigenvalue weighted by atomic mass is 9.75. The van der Waals surface area contributed by atoms with Crippen molar-refractivity contribution in [3.63, 3.8) is 0 Å². The van der Waals surface area contributed by atoms with Gasteiger partial charge in [0.1, 0.15) is 0 Å². The number of nitrogens with one attached hydrogen (secondary N) is 1. The zero-order valence-corrected chi connectivity index (χ0v) is 16.1. The molecule has 0 aromatic rings. The molecule has 4 atom stereocenters. The zero-order valence-electron chi connectivity index (χ0n) is 16.1. The summed E-state index contributed by atoms with van der Waals surface area (Å²) in [6, 6.07) is -0.105. The van der Waals surface area contributed by atoms with Gasteiger partial charge >= 0.3 is 0 Å². The lowest BCUT2D eigenvalue weighted by Gasteiger charge is -2.32. The highest BCUT2D eigenvalue weighted by Crippen LogP contribution is 2.33. The summed E-state index contributed by atoms with van der Waals surface area (Å²) in [6.07, 6.45) is 10.6. The maximum absolute atomic E-state index is 12.3. The molecule has 0 spiro atoms. The number of nitrogens with two attached hydrogens (primary N) is 1. The Labute approximate surface area is 143 Å². The van der Waals surface area contributed by atoms with Gasteiger partial charge in [-0.25, -0.2) is 0 Å². The molecule has 0 heterocycles. The standard InChI is InChI=1S/C17H30N2O.C3H8/c1-5-6-7-14(4)16(18)11-19-17(20)15-10-12(2)8-9-13(15)3;1-3-2/h5-7,12-13,15-16H,8-11,18H2,1-4H3,(H,19,20);3H2,1-2H3/b6-5-,14-7+;. The van der Waals surface area contributed by atoms with Crippen molar-refractivity contribution in [3.8, 4) is 0 Å². The molecule has 3 nitrogen and oxygen atoms in total. The Morgan fingerprint density at radius 2 is 1.91 bits per heavy atom. The molecule has 0 bridgehead atoms. The number of hydrogen-bond donors (Lipinski definition) is 2. The van der Waals surface area contributed by atoms with E-state index in [0.717, 1.165) is 18.4 Å². The normalized spacial score (nSPS) is 26.4. The molecule has 134 valence electrons. The Morgan fingerprint density at radius 3 is 2.48 bits per heavy atom. The molecule has 3 N–H and O–H groups in total. The summed E-state index contributed by atoms with van der Waals surface area (Å²) in [5.41, 5.74) is 7.17. The second-order valence-corrected chi connectivity index (χ2v) is 7.00. The largest absolute Gasteiger partial charge is 0.354 e. The van der Waals surface area contributed by atoms with Crippen LogP contribution < -0.4 is 11.1 Å². The van der Waals surface area contributed by atoms with Crippen molar-refractivity contribution in [1.82, 2.24) is 5.32 Å². The van der Waals surface area contributed by atoms with E-state index in [4.69, 9.17) is 5.73 Å². The van der Waals surface area contributed by atoms with Crippen molar-refractivity contribution in [1.29, 1.82) is 0 Å². The summed E-state index contributed by atoms with van der Waals surface area (Å²) in [5, 5.41) is 3.03. The summed E-state index contributed by atoms with van der Waals surface area (Å²) >= 11 is 0. The number of rotatable bonds is 5. The van der Waals surface area contributed by atoms with Gasteiger partial charge in [-0.1, -0.05) is 64.3 Å². The smallest absolute Gasteiger partial charge is 0.223 e. The Morgan fingerprint density at radius 1 is 1.30 bits per heavy atom. The first-order valence-electron chi connectivity index (χ1n) is 9.19. The fourth-order valence-electron chi connectivity index (χ4n) is 2.77. The second-order valence-electron chi connectivity index (χ2n) is 7.00. The van der Waals surface area contributed by atoms with Gasteiger partial charge in [0.25, 0.3) is 0 Å². The number of allylic oxidation sites excluding steroid dienone is 3. The minimum atomic E-state index is -0.105. The highest BCUT2D eigenvalue weighted by atomic mass is 16.1. The topological polar surface area (TPSA) is 55.1 Å². The molecule has 4 unspecified atom stereocenters. The van der Waals surface area contributed by atoms with E-state index in [0.29, 0.717) is 18.4 Å². The average molecular weight is 323 g/mol. The number of hydrogen-bond acceptors (Lipinski definition) is 2. The molecule has 1 rings (SSSR count). The van der Waals surface area contributed by atoms with Crippen molar-refractivity contribution in [3.05, 3.63) is 23.8 Å². The summed E-state index contributed by atoms with van der Waals surface area (Å²) in [5.74, 6) is 1.48. The molecule has 0 aromatic heterocycles. The van der Waals surface area contributed by atoms with E-state index in [-0.39, 0.29) is 17.9 Å². The molecular formula is C20H38N2O. The molecule has 1 aliphatic rings. The predicted octanol–water partition coefficient (Wildman–Crippen LogP) is 4.44. The second kappa shape index (κ2) is 12.3. The summed E-state index contributed by atoms with van der Waals surface area (Å²) in [6.45, 7) is 13.2. The van der Waals surface area contributed by atoms with Gasteiger partial charge in [0.2, 0.25) is 5.91 Å². The maximum Gasteiger partial charge on any atom is 0.223 e. The fraction of sp³-hybridized carbons (Fsp3) is 0.750. The molecule has 1 amide bonds. The first-order valence-corrected chi connectivity index (χ1v) is 9.19. The molecule has 1 fully saturated rings. The van der Waals surface area contributed by atoms with E-state index in [1.165, 1.54) is 12.8 Å². The first-order chi connectivity index (χ1) is 10.9. The van der Waals surface area contributed by atoms with Crippen molar-refractivity contribution in [2.24, 2.45) is 23.5 Å². The van der Waals surface area contributed by atoms with Gasteiger partial charge in [-0.15, -0.1) is 0 Å². The SMILES string of the molecule is C/C=C\C=C(/C)C(N)CNC(=O)C1CC(C)CCC1C.CCC. The van der Waals surface area contributed by atoms with Crippen LogP contribution in [-0.2, 0) is 4.79 Å². The minimum absolute atomic E-state index is 0.105. The lowest BCUT2D eigenvalue weighted by molar-refractivity contribution is -0.128. The third-order valence-corrected chi connectivity index (χ3v) is 4.43. The highest BCUT2D eigenvalue weighted by Gasteiger charge is 2.30. The predicted molar refractivity (Wildman–Crippen MR) is 101 cm³/mol. The molecule has 23 heavy (non-hydrogen) atoms. The molecule has 0 radical (unpaired) electrons. The van der Waals surface area contributed by atoms with Crippen LogP contribution in [-0.4, -0.2) is 18.5 Å². The van der Waals surface area contributed by atoms with Gasteiger partial charge in [0, 0.05) is 18.5 Å². The molecule has 3 heteroatoms. The van der Waals surface area contributed by atoms with Crippen LogP contribution in [0.1, 0.15) is 67.2 Å². The van der Waals surface area contributed by atoms with E-state index in [1.807, 2.05) is 32.1 Å². The van der Waals surface area contributed by atoms with Gasteiger partial charge in [-0.3, -0.25) is 4.79 Å². The maximum atomic E-state index is 12.3. The highest BCUT2D eigenvalue weighted by molar-refractivity contribution is 5.79. The average Bonchev–Trinajstić information content (AvgIpc) is 2.52. The van der Waals surface area contributed by atoms with Crippen molar-refractivity contribution in [2.75, 3.05) is 6.54 Å². The van der Waals surface area contributed by atoms with Gasteiger partial charge in [-0.2, -0.15) is 0 Å². The molecule has 1 aliphatic carbocycles. The Kier molecular flexibility index (Phi) is 11.8. The van der Waals surface area contributed by atoms with Crippen LogP contribution in [0.5, 0.6) is 0 Å². The van der Waals surface area contributed by atoms with E-state index in [2.05, 4.69) is 33.0 Å². The van der Waals surface area contributed by atoms with Crippen LogP contribution in [0, 0.1) is 17.8 Å². The quantitative estimate of drug-likeness (QED) is 0.735. The van der Waals surface area contributed by atoms with Crippen LogP contribution in [0.4, 0.5) is 0 Å². The molecular weight excluding hydrogens is 284 g/mol. The van der Waals surface area contributed by atoms with E-state index in [9.17, 15) is 4.79 Å². The molecule has 0 saturated heterocycles. The van der Waals surface area contributed by atoms with Gasteiger partial charge in [-0.05, 0) is 38.5 Å². The molecule has 1 saturated carbocycles. The van der Waals surface area contributed by atoms with Crippen LogP contribution in [0.25, 0.3) is 0 Å². The first kappa shape index (κ1) is 21.9. The van der Waals surface area contributed by atoms with Crippen molar-refractivity contribution < 1.29 is 4.79 Å². The fourth-order valence-corrected chi connectivity index (χ4v) is 2.77. The third kappa shape index (κ3) is 8.95. The van der Waals surface area contributed by atoms with Gasteiger partial charge in [0.15, 0.2) is 0 Å². The Balaban J connectivity index is 0.00000149. The van der Waals surface area contributed by atoms with Gasteiger partial charge < -0.3 is 11.1 Å². The number of carbonyl (C=O) groups excluding carboxylic acids is 1. The van der Waals surface area contributed by atoms with Crippen LogP contribution in [0.15, 0.2) is 23.8 Å². The summed E-state index contributed by atoms with van der Waals surface area (Å²) < 4.78 is 0. The van der Waals surface area contributed by atoms with E-state index < -0.39 is 0 Å². The van der Waals surface area contributed by atoms with E-state index in [1.54, 1.807) is 0 Å². The van der Waals surface area contributed by atoms with Crippen LogP contribution in [0.3, 0.4) is 0 Å². The van der Waals surface area contributed by atoms with Crippen LogP contribution in [0.2, 0.25) is 0 Å². The number of amides is 1. The number of carbonyl (C=O) groups is 1. The third-order valence-electron chi connectivity index (χ3n) is 4.43. The summed E-state index contributed by atoms with van der Waals surface area (Å²) in [4.78, 5) is 12.3. The van der Waals surface area contributed by atoms with Crippen LogP contribution >= 0.6 is 0 Å². The lowest BCUT2D eigenvalue weighted by Crippen LogP contribution is -2.43. The Hall–Kier alpha value is -1.09. The monoisotopic (exact) mass is 322 g/mol. The minimum Gasteiger partial charge on any atom is -0.354 e. The Bertz CT molecular complexity index is 387. The molecule has 0 aromatic carbocycles. The van der Waals surface area contributed by atoms with E-state index >= 15 is 0 Å². The molecule has 0 aliphatic heterocycles.